The largest absolute Gasteiger partial charge is 0.416 e. The van der Waals surface area contributed by atoms with E-state index < -0.39 is 11.7 Å². The molecule has 2 N–H and O–H groups in total. The number of alkyl halides is 3. The number of pyridine rings is 1. The average Bonchev–Trinajstić information content (AvgIpc) is 2.40. The van der Waals surface area contributed by atoms with Crippen molar-refractivity contribution < 1.29 is 18.0 Å². The van der Waals surface area contributed by atoms with Gasteiger partial charge in [0.25, 0.3) is 0 Å². The second-order valence-corrected chi connectivity index (χ2v) is 4.31. The highest BCUT2D eigenvalue weighted by Gasteiger charge is 2.29. The van der Waals surface area contributed by atoms with Crippen LogP contribution in [0.1, 0.15) is 12.5 Å². The molecule has 1 amide bonds. The first kappa shape index (κ1) is 14.8. The highest BCUT2D eigenvalue weighted by molar-refractivity contribution is 5.87. The molecule has 1 aromatic heterocycles. The minimum absolute atomic E-state index is 0.231. The van der Waals surface area contributed by atoms with E-state index in [-0.39, 0.29) is 5.91 Å². The number of benzene rings is 1. The Labute approximate surface area is 119 Å². The molecular weight excluding hydrogens is 283 g/mol. The van der Waals surface area contributed by atoms with Gasteiger partial charge in [0, 0.05) is 12.6 Å². The molecule has 0 aliphatic rings. The Bertz CT molecular complexity index is 621. The number of halogens is 3. The van der Waals surface area contributed by atoms with Gasteiger partial charge in [-0.25, -0.2) is 4.98 Å². The molecule has 0 spiro atoms. The maximum atomic E-state index is 12.4. The van der Waals surface area contributed by atoms with E-state index in [4.69, 9.17) is 0 Å². The van der Waals surface area contributed by atoms with Gasteiger partial charge in [-0.1, -0.05) is 0 Å². The fourth-order valence-corrected chi connectivity index (χ4v) is 1.63. The summed E-state index contributed by atoms with van der Waals surface area (Å²) >= 11 is 0. The predicted octanol–water partition coefficient (Wildman–Crippen LogP) is 3.80. The number of rotatable bonds is 3. The molecule has 0 fully saturated rings. The Morgan fingerprint density at radius 3 is 2.14 bits per heavy atom. The fourth-order valence-electron chi connectivity index (χ4n) is 1.63. The molecule has 0 aliphatic heterocycles. The van der Waals surface area contributed by atoms with Crippen molar-refractivity contribution in [1.29, 1.82) is 0 Å². The van der Waals surface area contributed by atoms with E-state index in [1.54, 1.807) is 12.1 Å². The van der Waals surface area contributed by atoms with Gasteiger partial charge in [0.2, 0.25) is 5.91 Å². The lowest BCUT2D eigenvalue weighted by Crippen LogP contribution is -2.07. The second-order valence-electron chi connectivity index (χ2n) is 4.31. The van der Waals surface area contributed by atoms with Crippen LogP contribution in [0.4, 0.5) is 30.4 Å². The molecule has 0 unspecified atom stereocenters. The van der Waals surface area contributed by atoms with Gasteiger partial charge in [-0.3, -0.25) is 4.79 Å². The summed E-state index contributed by atoms with van der Waals surface area (Å²) in [5, 5.41) is 5.44. The molecular formula is C14H12F3N3O. The number of carbonyl (C=O) groups is 1. The smallest absolute Gasteiger partial charge is 0.354 e. The van der Waals surface area contributed by atoms with Gasteiger partial charge in [0.05, 0.1) is 17.4 Å². The van der Waals surface area contributed by atoms with Crippen LogP contribution in [0.5, 0.6) is 0 Å². The first-order valence-corrected chi connectivity index (χ1v) is 6.02. The lowest BCUT2D eigenvalue weighted by molar-refractivity contribution is -0.137. The summed E-state index contributed by atoms with van der Waals surface area (Å²) in [6, 6.07) is 7.93. The minimum Gasteiger partial charge on any atom is -0.354 e. The number of anilines is 3. The first-order chi connectivity index (χ1) is 9.84. The molecule has 0 aliphatic carbocycles. The van der Waals surface area contributed by atoms with Crippen LogP contribution < -0.4 is 10.6 Å². The highest BCUT2D eigenvalue weighted by atomic mass is 19.4. The Morgan fingerprint density at radius 1 is 1.05 bits per heavy atom. The van der Waals surface area contributed by atoms with Crippen molar-refractivity contribution in [3.63, 3.8) is 0 Å². The van der Waals surface area contributed by atoms with Gasteiger partial charge >= 0.3 is 6.18 Å². The van der Waals surface area contributed by atoms with Gasteiger partial charge in [0.1, 0.15) is 5.82 Å². The standard InChI is InChI=1S/C14H12F3N3O/c1-9(21)19-13-7-6-12(8-18-13)20-11-4-2-10(3-5-11)14(15,16)17/h2-8,20H,1H3,(H,18,19,21). The van der Waals surface area contributed by atoms with Gasteiger partial charge < -0.3 is 10.6 Å². The lowest BCUT2D eigenvalue weighted by atomic mass is 10.2. The molecule has 0 bridgehead atoms. The topological polar surface area (TPSA) is 54.0 Å². The van der Waals surface area contributed by atoms with Gasteiger partial charge in [-0.05, 0) is 36.4 Å². The maximum Gasteiger partial charge on any atom is 0.416 e. The number of aromatic nitrogens is 1. The molecule has 1 aromatic carbocycles. The van der Waals surface area contributed by atoms with Crippen LogP contribution >= 0.6 is 0 Å². The summed E-state index contributed by atoms with van der Waals surface area (Å²) in [6.45, 7) is 1.37. The third-order valence-electron chi connectivity index (χ3n) is 2.57. The van der Waals surface area contributed by atoms with E-state index >= 15 is 0 Å². The number of amides is 1. The van der Waals surface area contributed by atoms with E-state index in [0.717, 1.165) is 12.1 Å². The van der Waals surface area contributed by atoms with Gasteiger partial charge in [0.15, 0.2) is 0 Å². The minimum atomic E-state index is -4.35. The van der Waals surface area contributed by atoms with E-state index in [9.17, 15) is 18.0 Å². The molecule has 0 saturated carbocycles. The fraction of sp³-hybridized carbons (Fsp3) is 0.143. The van der Waals surface area contributed by atoms with Gasteiger partial charge in [-0.2, -0.15) is 13.2 Å². The number of hydrogen-bond acceptors (Lipinski definition) is 3. The van der Waals surface area contributed by atoms with Crippen molar-refractivity contribution in [2.24, 2.45) is 0 Å². The average molecular weight is 295 g/mol. The normalized spacial score (nSPS) is 11.0. The zero-order chi connectivity index (χ0) is 15.5. The lowest BCUT2D eigenvalue weighted by Gasteiger charge is -2.09. The molecule has 7 heteroatoms. The van der Waals surface area contributed by atoms with E-state index in [1.165, 1.54) is 25.3 Å². The van der Waals surface area contributed by atoms with E-state index in [1.807, 2.05) is 0 Å². The third kappa shape index (κ3) is 4.20. The van der Waals surface area contributed by atoms with Crippen molar-refractivity contribution >= 4 is 23.1 Å². The molecule has 0 radical (unpaired) electrons. The quantitative estimate of drug-likeness (QED) is 0.905. The van der Waals surface area contributed by atoms with Crippen molar-refractivity contribution in [3.8, 4) is 0 Å². The van der Waals surface area contributed by atoms with E-state index in [2.05, 4.69) is 15.6 Å². The zero-order valence-corrected chi connectivity index (χ0v) is 11.0. The summed E-state index contributed by atoms with van der Waals surface area (Å²) in [6.07, 6.45) is -2.87. The number of nitrogens with one attached hydrogen (secondary N) is 2. The Hall–Kier alpha value is -2.57. The third-order valence-corrected chi connectivity index (χ3v) is 2.57. The molecule has 4 nitrogen and oxygen atoms in total. The van der Waals surface area contributed by atoms with Crippen molar-refractivity contribution in [2.75, 3.05) is 10.6 Å². The second kappa shape index (κ2) is 5.82. The maximum absolute atomic E-state index is 12.4. The van der Waals surface area contributed by atoms with Crippen molar-refractivity contribution in [1.82, 2.24) is 4.98 Å². The molecule has 21 heavy (non-hydrogen) atoms. The molecule has 110 valence electrons. The van der Waals surface area contributed by atoms with Gasteiger partial charge in [-0.15, -0.1) is 0 Å². The first-order valence-electron chi connectivity index (χ1n) is 6.02. The van der Waals surface area contributed by atoms with Crippen LogP contribution in [0.15, 0.2) is 42.6 Å². The Morgan fingerprint density at radius 2 is 1.67 bits per heavy atom. The summed E-state index contributed by atoms with van der Waals surface area (Å²) in [7, 11) is 0. The monoisotopic (exact) mass is 295 g/mol. The SMILES string of the molecule is CC(=O)Nc1ccc(Nc2ccc(C(F)(F)F)cc2)cn1. The summed E-state index contributed by atoms with van der Waals surface area (Å²) in [5.41, 5.74) is 0.410. The predicted molar refractivity (Wildman–Crippen MR) is 73.3 cm³/mol. The number of nitrogens with zero attached hydrogens (tertiary/aromatic N) is 1. The summed E-state index contributed by atoms with van der Waals surface area (Å²) < 4.78 is 37.3. The molecule has 1 heterocycles. The Balaban J connectivity index is 2.06. The van der Waals surface area contributed by atoms with Crippen LogP contribution in [0.25, 0.3) is 0 Å². The summed E-state index contributed by atoms with van der Waals surface area (Å²) in [4.78, 5) is 14.8. The van der Waals surface area contributed by atoms with E-state index in [0.29, 0.717) is 17.2 Å². The van der Waals surface area contributed by atoms with Crippen molar-refractivity contribution in [3.05, 3.63) is 48.2 Å². The number of carbonyl (C=O) groups excluding carboxylic acids is 1. The van der Waals surface area contributed by atoms with Crippen LogP contribution in [-0.2, 0) is 11.0 Å². The molecule has 2 aromatic rings. The van der Waals surface area contributed by atoms with Crippen LogP contribution in [-0.4, -0.2) is 10.9 Å². The summed E-state index contributed by atoms with van der Waals surface area (Å²) in [5.74, 6) is 0.173. The molecule has 0 saturated heterocycles. The van der Waals surface area contributed by atoms with Crippen LogP contribution in [0, 0.1) is 0 Å². The van der Waals surface area contributed by atoms with Crippen LogP contribution in [0.2, 0.25) is 0 Å². The highest BCUT2D eigenvalue weighted by Crippen LogP contribution is 2.30. The molecule has 2 rings (SSSR count). The molecule has 0 atom stereocenters. The van der Waals surface area contributed by atoms with Crippen LogP contribution in [0.3, 0.4) is 0 Å². The van der Waals surface area contributed by atoms with Crippen molar-refractivity contribution in [2.45, 2.75) is 13.1 Å². The number of hydrogen-bond donors (Lipinski definition) is 2. The Kier molecular flexibility index (Phi) is 4.11. The zero-order valence-electron chi connectivity index (χ0n) is 11.0.